The number of rotatable bonds is 5. The molecule has 0 aliphatic carbocycles. The number of nitriles is 1. The van der Waals surface area contributed by atoms with Crippen LogP contribution in [0, 0.1) is 11.3 Å². The van der Waals surface area contributed by atoms with Gasteiger partial charge in [0, 0.05) is 17.6 Å². The summed E-state index contributed by atoms with van der Waals surface area (Å²) >= 11 is 1.30. The van der Waals surface area contributed by atoms with Gasteiger partial charge in [-0.2, -0.15) is 5.26 Å². The lowest BCUT2D eigenvalue weighted by atomic mass is 10.1. The summed E-state index contributed by atoms with van der Waals surface area (Å²) in [5.74, 6) is -0.179. The highest BCUT2D eigenvalue weighted by Gasteiger charge is 2.12. The van der Waals surface area contributed by atoms with Crippen LogP contribution in [-0.4, -0.2) is 22.5 Å². The van der Waals surface area contributed by atoms with Crippen LogP contribution in [-0.2, 0) is 16.1 Å². The predicted octanol–water partition coefficient (Wildman–Crippen LogP) is 2.41. The Kier molecular flexibility index (Phi) is 5.10. The van der Waals surface area contributed by atoms with Gasteiger partial charge in [0.05, 0.1) is 12.8 Å². The van der Waals surface area contributed by atoms with Crippen molar-refractivity contribution in [2.45, 2.75) is 6.61 Å². The maximum Gasteiger partial charge on any atom is 0.349 e. The molecule has 8 heteroatoms. The van der Waals surface area contributed by atoms with Gasteiger partial charge in [-0.3, -0.25) is 9.20 Å². The molecule has 3 aromatic rings. The Morgan fingerprint density at radius 3 is 3.04 bits per heavy atom. The van der Waals surface area contributed by atoms with Crippen molar-refractivity contribution in [1.29, 1.82) is 5.26 Å². The number of hydrogen-bond acceptors (Lipinski definition) is 7. The van der Waals surface area contributed by atoms with Gasteiger partial charge in [0.15, 0.2) is 4.96 Å². The van der Waals surface area contributed by atoms with Crippen LogP contribution in [0.25, 0.3) is 11.0 Å². The zero-order chi connectivity index (χ0) is 18.5. The Labute approximate surface area is 152 Å². The normalized spacial score (nSPS) is 11.2. The molecule has 0 saturated carbocycles. The average Bonchev–Trinajstić information content (AvgIpc) is 3.13. The summed E-state index contributed by atoms with van der Waals surface area (Å²) < 4.78 is 11.6. The number of ether oxygens (including phenoxy) is 2. The van der Waals surface area contributed by atoms with E-state index in [-0.39, 0.29) is 17.7 Å². The fourth-order valence-electron chi connectivity index (χ4n) is 2.21. The third kappa shape index (κ3) is 3.79. The molecule has 130 valence electrons. The summed E-state index contributed by atoms with van der Waals surface area (Å²) in [5.41, 5.74) is 0.542. The number of fused-ring (bicyclic) bond motifs is 1. The summed E-state index contributed by atoms with van der Waals surface area (Å²) in [6.07, 6.45) is 3.03. The van der Waals surface area contributed by atoms with Crippen LogP contribution in [0.15, 0.2) is 52.3 Å². The largest absolute Gasteiger partial charge is 0.497 e. The molecule has 7 nitrogen and oxygen atoms in total. The number of carbonyl (C=O) groups excluding carboxylic acids is 1. The minimum Gasteiger partial charge on any atom is -0.497 e. The highest BCUT2D eigenvalue weighted by molar-refractivity contribution is 7.15. The number of thiazole rings is 1. The number of aromatic nitrogens is 2. The number of benzene rings is 1. The van der Waals surface area contributed by atoms with Gasteiger partial charge < -0.3 is 9.47 Å². The van der Waals surface area contributed by atoms with Crippen LogP contribution < -0.4 is 10.3 Å². The molecule has 3 rings (SSSR count). The number of nitrogens with zero attached hydrogens (tertiary/aromatic N) is 3. The van der Waals surface area contributed by atoms with Gasteiger partial charge in [0.1, 0.15) is 24.0 Å². The van der Waals surface area contributed by atoms with E-state index in [2.05, 4.69) is 4.98 Å². The lowest BCUT2D eigenvalue weighted by molar-refractivity contribution is -0.139. The van der Waals surface area contributed by atoms with Gasteiger partial charge in [-0.25, -0.2) is 9.78 Å². The van der Waals surface area contributed by atoms with E-state index in [0.29, 0.717) is 22.0 Å². The van der Waals surface area contributed by atoms with Gasteiger partial charge in [-0.05, 0) is 23.8 Å². The first-order chi connectivity index (χ1) is 12.6. The molecule has 26 heavy (non-hydrogen) atoms. The number of hydrogen-bond donors (Lipinski definition) is 0. The molecule has 0 N–H and O–H groups in total. The van der Waals surface area contributed by atoms with E-state index in [1.54, 1.807) is 35.8 Å². The van der Waals surface area contributed by atoms with Crippen molar-refractivity contribution < 1.29 is 14.3 Å². The van der Waals surface area contributed by atoms with Crippen LogP contribution in [0.4, 0.5) is 0 Å². The maximum atomic E-state index is 12.2. The highest BCUT2D eigenvalue weighted by Crippen LogP contribution is 2.16. The molecule has 2 heterocycles. The van der Waals surface area contributed by atoms with Crippen LogP contribution in [0.1, 0.15) is 11.3 Å². The third-order valence-electron chi connectivity index (χ3n) is 3.45. The molecular weight excluding hydrogens is 354 g/mol. The zero-order valence-corrected chi connectivity index (χ0v) is 14.5. The minimum absolute atomic E-state index is 0.160. The van der Waals surface area contributed by atoms with Crippen molar-refractivity contribution in [3.63, 3.8) is 0 Å². The average molecular weight is 367 g/mol. The molecule has 1 aromatic carbocycles. The van der Waals surface area contributed by atoms with Crippen molar-refractivity contribution in [1.82, 2.24) is 9.38 Å². The predicted molar refractivity (Wildman–Crippen MR) is 95.7 cm³/mol. The molecule has 0 amide bonds. The summed E-state index contributed by atoms with van der Waals surface area (Å²) in [6, 6.07) is 10.1. The Morgan fingerprint density at radius 1 is 1.42 bits per heavy atom. The molecule has 0 unspecified atom stereocenters. The van der Waals surface area contributed by atoms with E-state index in [4.69, 9.17) is 9.47 Å². The van der Waals surface area contributed by atoms with E-state index in [1.165, 1.54) is 35.0 Å². The monoisotopic (exact) mass is 367 g/mol. The first-order valence-electron chi connectivity index (χ1n) is 7.49. The van der Waals surface area contributed by atoms with E-state index < -0.39 is 5.97 Å². The molecule has 0 spiro atoms. The molecule has 0 saturated heterocycles. The van der Waals surface area contributed by atoms with Gasteiger partial charge >= 0.3 is 5.97 Å². The van der Waals surface area contributed by atoms with Crippen LogP contribution >= 0.6 is 11.3 Å². The van der Waals surface area contributed by atoms with Crippen molar-refractivity contribution >= 4 is 28.3 Å². The van der Waals surface area contributed by atoms with Crippen LogP contribution in [0.5, 0.6) is 5.75 Å². The zero-order valence-electron chi connectivity index (χ0n) is 13.7. The Morgan fingerprint density at radius 2 is 2.27 bits per heavy atom. The SMILES string of the molecule is COc1cccc(/C=C(\C#N)C(=O)OCc2cc(=O)n3ccsc3n2)c1. The Bertz CT molecular complexity index is 1090. The van der Waals surface area contributed by atoms with E-state index in [1.807, 2.05) is 6.07 Å². The lowest BCUT2D eigenvalue weighted by Gasteiger charge is -2.04. The van der Waals surface area contributed by atoms with Crippen LogP contribution in [0.2, 0.25) is 0 Å². The topological polar surface area (TPSA) is 93.7 Å². The van der Waals surface area contributed by atoms with Crippen LogP contribution in [0.3, 0.4) is 0 Å². The van der Waals surface area contributed by atoms with Gasteiger partial charge in [-0.15, -0.1) is 11.3 Å². The van der Waals surface area contributed by atoms with Gasteiger partial charge in [0.2, 0.25) is 0 Å². The molecular formula is C18H13N3O4S. The van der Waals surface area contributed by atoms with Gasteiger partial charge in [-0.1, -0.05) is 12.1 Å². The third-order valence-corrected chi connectivity index (χ3v) is 4.21. The number of carbonyl (C=O) groups is 1. The first-order valence-corrected chi connectivity index (χ1v) is 8.37. The molecule has 2 aromatic heterocycles. The smallest absolute Gasteiger partial charge is 0.349 e. The standard InChI is InChI=1S/C18H13N3O4S/c1-24-15-4-2-3-12(8-15)7-13(10-19)17(23)25-11-14-9-16(22)21-5-6-26-18(21)20-14/h2-9H,11H2,1H3/b13-7+. The maximum absolute atomic E-state index is 12.2. The second kappa shape index (κ2) is 7.63. The quantitative estimate of drug-likeness (QED) is 0.390. The Hall–Kier alpha value is -3.44. The summed E-state index contributed by atoms with van der Waals surface area (Å²) in [6.45, 7) is -0.195. The second-order valence-corrected chi connectivity index (χ2v) is 6.04. The molecule has 0 aliphatic heterocycles. The highest BCUT2D eigenvalue weighted by atomic mass is 32.1. The number of methoxy groups -OCH3 is 1. The summed E-state index contributed by atoms with van der Waals surface area (Å²) in [5, 5.41) is 11.0. The first kappa shape index (κ1) is 17.4. The van der Waals surface area contributed by atoms with Gasteiger partial charge in [0.25, 0.3) is 5.56 Å². The molecule has 0 aliphatic rings. The van der Waals surface area contributed by atoms with Crippen molar-refractivity contribution in [3.8, 4) is 11.8 Å². The van der Waals surface area contributed by atoms with Crippen molar-refractivity contribution in [2.24, 2.45) is 0 Å². The molecule has 0 bridgehead atoms. The fourth-order valence-corrected chi connectivity index (χ4v) is 2.95. The summed E-state index contributed by atoms with van der Waals surface area (Å²) in [4.78, 5) is 28.8. The van der Waals surface area contributed by atoms with E-state index in [0.717, 1.165) is 0 Å². The van der Waals surface area contributed by atoms with E-state index >= 15 is 0 Å². The fraction of sp³-hybridized carbons (Fsp3) is 0.111. The summed E-state index contributed by atoms with van der Waals surface area (Å²) in [7, 11) is 1.53. The second-order valence-electron chi connectivity index (χ2n) is 5.16. The van der Waals surface area contributed by atoms with Crippen molar-refractivity contribution in [2.75, 3.05) is 7.11 Å². The lowest BCUT2D eigenvalue weighted by Crippen LogP contribution is -2.15. The van der Waals surface area contributed by atoms with Crippen molar-refractivity contribution in [3.05, 3.63) is 69.1 Å². The minimum atomic E-state index is -0.788. The molecule has 0 atom stereocenters. The number of esters is 1. The Balaban J connectivity index is 1.75. The van der Waals surface area contributed by atoms with E-state index in [9.17, 15) is 14.9 Å². The molecule has 0 radical (unpaired) electrons. The molecule has 0 fully saturated rings.